The first-order chi connectivity index (χ1) is 7.52. The molecule has 0 aliphatic carbocycles. The summed E-state index contributed by atoms with van der Waals surface area (Å²) in [4.78, 5) is 5.36. The third-order valence-electron chi connectivity index (χ3n) is 2.71. The van der Waals surface area contributed by atoms with Crippen LogP contribution in [0.1, 0.15) is 41.4 Å². The first-order valence-electron chi connectivity index (χ1n) is 5.46. The molecule has 0 aromatic carbocycles. The van der Waals surface area contributed by atoms with Crippen LogP contribution in [0.25, 0.3) is 0 Å². The van der Waals surface area contributed by atoms with Crippen molar-refractivity contribution in [1.82, 2.24) is 4.98 Å². The van der Waals surface area contributed by atoms with E-state index in [1.165, 1.54) is 11.3 Å². The quantitative estimate of drug-likeness (QED) is 0.892. The van der Waals surface area contributed by atoms with Crippen LogP contribution in [-0.4, -0.2) is 19.2 Å². The van der Waals surface area contributed by atoms with Gasteiger partial charge in [-0.3, -0.25) is 0 Å². The Hall–Kier alpha value is -0.460. The number of rotatable bonds is 3. The van der Waals surface area contributed by atoms with E-state index in [2.05, 4.69) is 11.9 Å². The molecule has 90 valence electrons. The maximum atomic E-state index is 11.5. The van der Waals surface area contributed by atoms with E-state index in [-0.39, 0.29) is 17.5 Å². The van der Waals surface area contributed by atoms with Crippen LogP contribution in [0.4, 0.5) is 0 Å². The third kappa shape index (κ3) is 2.44. The Morgan fingerprint density at radius 1 is 1.56 bits per heavy atom. The molecule has 0 fully saturated rings. The molecule has 1 aliphatic rings. The van der Waals surface area contributed by atoms with Crippen molar-refractivity contribution in [2.45, 2.75) is 38.0 Å². The normalized spacial score (nSPS) is 20.4. The van der Waals surface area contributed by atoms with Crippen LogP contribution in [0, 0.1) is 0 Å². The van der Waals surface area contributed by atoms with Gasteiger partial charge in [-0.05, 0) is 6.42 Å². The molecule has 6 heteroatoms. The molecule has 1 atom stereocenters. The Morgan fingerprint density at radius 2 is 2.31 bits per heavy atom. The maximum Gasteiger partial charge on any atom is 0.155 e. The van der Waals surface area contributed by atoms with Crippen molar-refractivity contribution in [3.63, 3.8) is 0 Å². The third-order valence-corrected chi connectivity index (χ3v) is 5.68. The topological polar surface area (TPSA) is 73.0 Å². The molecule has 0 saturated heterocycles. The molecule has 0 bridgehead atoms. The minimum Gasteiger partial charge on any atom is -0.322 e. The Bertz CT molecular complexity index is 479. The molecule has 2 heterocycles. The van der Waals surface area contributed by atoms with Crippen LogP contribution in [0.5, 0.6) is 0 Å². The van der Waals surface area contributed by atoms with Gasteiger partial charge in [0.25, 0.3) is 0 Å². The summed E-state index contributed by atoms with van der Waals surface area (Å²) < 4.78 is 22.9. The smallest absolute Gasteiger partial charge is 0.155 e. The molecular weight excluding hydrogens is 244 g/mol. The Kier molecular flexibility index (Phi) is 3.32. The highest BCUT2D eigenvalue weighted by molar-refractivity contribution is 7.90. The van der Waals surface area contributed by atoms with E-state index >= 15 is 0 Å². The molecule has 1 unspecified atom stereocenters. The van der Waals surface area contributed by atoms with E-state index in [4.69, 9.17) is 5.73 Å². The van der Waals surface area contributed by atoms with E-state index in [9.17, 15) is 8.42 Å². The number of hydrogen-bond acceptors (Lipinski definition) is 5. The number of nitrogens with zero attached hydrogens (tertiary/aromatic N) is 1. The Morgan fingerprint density at radius 3 is 3.00 bits per heavy atom. The fourth-order valence-electron chi connectivity index (χ4n) is 1.83. The summed E-state index contributed by atoms with van der Waals surface area (Å²) in [6.07, 6.45) is 2.47. The van der Waals surface area contributed by atoms with Crippen LogP contribution in [-0.2, 0) is 22.0 Å². The predicted molar refractivity (Wildman–Crippen MR) is 65.1 cm³/mol. The molecule has 2 N–H and O–H groups in total. The summed E-state index contributed by atoms with van der Waals surface area (Å²) in [7, 11) is -2.89. The molecule has 0 spiro atoms. The fourth-order valence-corrected chi connectivity index (χ4v) is 4.76. The van der Waals surface area contributed by atoms with Crippen molar-refractivity contribution in [3.8, 4) is 0 Å². The van der Waals surface area contributed by atoms with Gasteiger partial charge in [-0.2, -0.15) is 0 Å². The van der Waals surface area contributed by atoms with Gasteiger partial charge in [0.15, 0.2) is 9.84 Å². The van der Waals surface area contributed by atoms with Gasteiger partial charge in [0.05, 0.1) is 23.2 Å². The lowest BCUT2D eigenvalue weighted by atomic mass is 10.2. The number of thiazole rings is 1. The zero-order valence-electron chi connectivity index (χ0n) is 9.27. The van der Waals surface area contributed by atoms with Gasteiger partial charge >= 0.3 is 0 Å². The molecule has 0 saturated carbocycles. The second-order valence-corrected chi connectivity index (χ2v) is 7.46. The van der Waals surface area contributed by atoms with Crippen molar-refractivity contribution in [3.05, 3.63) is 15.6 Å². The minimum absolute atomic E-state index is 0.0386. The summed E-state index contributed by atoms with van der Waals surface area (Å²) in [6, 6.07) is -0.0386. The first-order valence-corrected chi connectivity index (χ1v) is 8.10. The van der Waals surface area contributed by atoms with Crippen LogP contribution >= 0.6 is 11.3 Å². The lowest BCUT2D eigenvalue weighted by Crippen LogP contribution is -2.17. The summed E-state index contributed by atoms with van der Waals surface area (Å²) in [5, 5.41) is 0.893. The average Bonchev–Trinajstić information content (AvgIpc) is 2.59. The highest BCUT2D eigenvalue weighted by atomic mass is 32.2. The van der Waals surface area contributed by atoms with Crippen LogP contribution in [0.3, 0.4) is 0 Å². The lowest BCUT2D eigenvalue weighted by Gasteiger charge is -2.09. The Balaban J connectivity index is 2.25. The summed E-state index contributed by atoms with van der Waals surface area (Å²) in [6.45, 7) is 2.08. The molecular formula is C10H16N2O2S2. The van der Waals surface area contributed by atoms with Crippen molar-refractivity contribution < 1.29 is 8.42 Å². The van der Waals surface area contributed by atoms with E-state index < -0.39 is 9.84 Å². The molecule has 4 nitrogen and oxygen atoms in total. The van der Waals surface area contributed by atoms with Gasteiger partial charge < -0.3 is 5.73 Å². The highest BCUT2D eigenvalue weighted by Crippen LogP contribution is 2.30. The average molecular weight is 260 g/mol. The summed E-state index contributed by atoms with van der Waals surface area (Å²) in [5.41, 5.74) is 6.93. The largest absolute Gasteiger partial charge is 0.322 e. The second kappa shape index (κ2) is 4.43. The van der Waals surface area contributed by atoms with Crippen molar-refractivity contribution in [1.29, 1.82) is 0 Å². The van der Waals surface area contributed by atoms with Crippen molar-refractivity contribution in [2.75, 3.05) is 5.75 Å². The number of fused-ring (bicyclic) bond motifs is 1. The van der Waals surface area contributed by atoms with Gasteiger partial charge in [-0.1, -0.05) is 13.3 Å². The van der Waals surface area contributed by atoms with Crippen LogP contribution in [0.15, 0.2) is 0 Å². The molecule has 1 aliphatic heterocycles. The number of hydrogen-bond donors (Lipinski definition) is 1. The number of aryl methyl sites for hydroxylation is 1. The summed E-state index contributed by atoms with van der Waals surface area (Å²) in [5.74, 6) is 0.380. The lowest BCUT2D eigenvalue weighted by molar-refractivity contribution is 0.591. The first kappa shape index (κ1) is 12.0. The van der Waals surface area contributed by atoms with Gasteiger partial charge in [-0.25, -0.2) is 13.4 Å². The standard InChI is InChI=1S/C10H16N2O2S2/c1-2-3-7(11)10-12-8-4-5-16(13,14)6-9(8)15-10/h7H,2-6,11H2,1H3. The molecule has 0 radical (unpaired) electrons. The van der Waals surface area contributed by atoms with Gasteiger partial charge in [0, 0.05) is 11.3 Å². The highest BCUT2D eigenvalue weighted by Gasteiger charge is 2.26. The number of nitrogens with two attached hydrogens (primary N) is 1. The molecule has 1 aromatic heterocycles. The van der Waals surface area contributed by atoms with Crippen LogP contribution < -0.4 is 5.73 Å². The predicted octanol–water partition coefficient (Wildman–Crippen LogP) is 1.41. The van der Waals surface area contributed by atoms with E-state index in [0.717, 1.165) is 28.4 Å². The van der Waals surface area contributed by atoms with E-state index in [0.29, 0.717) is 6.42 Å². The minimum atomic E-state index is -2.89. The maximum absolute atomic E-state index is 11.5. The summed E-state index contributed by atoms with van der Waals surface area (Å²) >= 11 is 1.47. The van der Waals surface area contributed by atoms with Gasteiger partial charge in [0.2, 0.25) is 0 Å². The SMILES string of the molecule is CCCC(N)c1nc2c(s1)CS(=O)(=O)CC2. The zero-order chi connectivity index (χ0) is 11.8. The van der Waals surface area contributed by atoms with E-state index in [1.807, 2.05) is 0 Å². The fraction of sp³-hybridized carbons (Fsp3) is 0.700. The molecule has 2 rings (SSSR count). The van der Waals surface area contributed by atoms with Crippen LogP contribution in [0.2, 0.25) is 0 Å². The van der Waals surface area contributed by atoms with Gasteiger partial charge in [-0.15, -0.1) is 11.3 Å². The van der Waals surface area contributed by atoms with Gasteiger partial charge in [0.1, 0.15) is 5.01 Å². The Labute approximate surface area is 99.8 Å². The van der Waals surface area contributed by atoms with E-state index in [1.54, 1.807) is 0 Å². The molecule has 0 amide bonds. The molecule has 1 aromatic rings. The van der Waals surface area contributed by atoms with Crippen molar-refractivity contribution in [2.24, 2.45) is 5.73 Å². The molecule has 16 heavy (non-hydrogen) atoms. The second-order valence-electron chi connectivity index (χ2n) is 4.16. The van der Waals surface area contributed by atoms with Crippen molar-refractivity contribution >= 4 is 21.2 Å². The monoisotopic (exact) mass is 260 g/mol. The number of aromatic nitrogens is 1. The zero-order valence-corrected chi connectivity index (χ0v) is 10.9. The number of sulfone groups is 1.